The Morgan fingerprint density at radius 3 is 2.55 bits per heavy atom. The number of anilines is 1. The van der Waals surface area contributed by atoms with Gasteiger partial charge in [-0.05, 0) is 51.0 Å². The lowest BCUT2D eigenvalue weighted by molar-refractivity contribution is 0.243. The van der Waals surface area contributed by atoms with Gasteiger partial charge in [-0.2, -0.15) is 9.65 Å². The van der Waals surface area contributed by atoms with Crippen molar-refractivity contribution in [3.8, 4) is 22.9 Å². The number of hydrogen-bond acceptors (Lipinski definition) is 6. The lowest BCUT2D eigenvalue weighted by Gasteiger charge is -2.35. The molecule has 0 radical (unpaired) electrons. The summed E-state index contributed by atoms with van der Waals surface area (Å²) in [7, 11) is 1.96. The largest absolute Gasteiger partial charge is 0.490 e. The van der Waals surface area contributed by atoms with E-state index in [2.05, 4.69) is 26.2 Å². The number of piperidine rings is 1. The van der Waals surface area contributed by atoms with Crippen molar-refractivity contribution in [2.75, 3.05) is 18.0 Å². The Hall–Kier alpha value is -3.47. The molecule has 0 unspecified atom stereocenters. The average Bonchev–Trinajstić information content (AvgIpc) is 3.20. The first-order valence-corrected chi connectivity index (χ1v) is 10.4. The lowest BCUT2D eigenvalue weighted by atomic mass is 9.93. The summed E-state index contributed by atoms with van der Waals surface area (Å²) in [5.41, 5.74) is 2.87. The molecule has 0 bridgehead atoms. The first kappa shape index (κ1) is 20.8. The van der Waals surface area contributed by atoms with Crippen LogP contribution in [0.15, 0.2) is 36.8 Å². The Morgan fingerprint density at radius 2 is 1.97 bits per heavy atom. The van der Waals surface area contributed by atoms with E-state index in [1.807, 2.05) is 31.5 Å². The van der Waals surface area contributed by atoms with Crippen molar-refractivity contribution in [2.24, 2.45) is 7.05 Å². The Morgan fingerprint density at radius 1 is 1.19 bits per heavy atom. The van der Waals surface area contributed by atoms with Gasteiger partial charge in [-0.25, -0.2) is 4.98 Å². The molecule has 1 aliphatic rings. The van der Waals surface area contributed by atoms with Gasteiger partial charge in [0, 0.05) is 37.8 Å². The standard InChI is InChI=1S/C23H25FN6O/c1-15(2)31-19-6-4-17(12-25)22(21(19)18-5-7-20(24)26-13-18)30-10-8-16(9-11-30)23-28-27-14-29(23)3/h4-7,13-16H,8-11H2,1-3H3. The van der Waals surface area contributed by atoms with Gasteiger partial charge >= 0.3 is 0 Å². The van der Waals surface area contributed by atoms with Crippen LogP contribution in [0.1, 0.15) is 44.0 Å². The van der Waals surface area contributed by atoms with Gasteiger partial charge < -0.3 is 14.2 Å². The normalized spacial score (nSPS) is 14.6. The minimum absolute atomic E-state index is 0.0467. The molecular weight excluding hydrogens is 395 g/mol. The molecule has 1 aromatic carbocycles. The zero-order valence-electron chi connectivity index (χ0n) is 17.9. The molecule has 0 spiro atoms. The van der Waals surface area contributed by atoms with Gasteiger partial charge in [0.15, 0.2) is 0 Å². The van der Waals surface area contributed by atoms with Crippen molar-refractivity contribution < 1.29 is 9.13 Å². The van der Waals surface area contributed by atoms with E-state index >= 15 is 0 Å². The molecule has 1 aliphatic heterocycles. The number of nitriles is 1. The summed E-state index contributed by atoms with van der Waals surface area (Å²) >= 11 is 0. The average molecular weight is 420 g/mol. The Labute approximate surface area is 181 Å². The monoisotopic (exact) mass is 420 g/mol. The molecule has 0 saturated carbocycles. The minimum Gasteiger partial charge on any atom is -0.490 e. The summed E-state index contributed by atoms with van der Waals surface area (Å²) in [5.74, 6) is 1.42. The molecule has 0 aliphatic carbocycles. The second-order valence-electron chi connectivity index (χ2n) is 8.04. The van der Waals surface area contributed by atoms with E-state index in [0.29, 0.717) is 17.2 Å². The maximum atomic E-state index is 13.5. The van der Waals surface area contributed by atoms with Crippen LogP contribution in [0.5, 0.6) is 5.75 Å². The highest BCUT2D eigenvalue weighted by Crippen LogP contribution is 2.43. The molecule has 0 atom stereocenters. The molecule has 0 amide bonds. The van der Waals surface area contributed by atoms with Gasteiger partial charge in [-0.1, -0.05) is 0 Å². The number of halogens is 1. The first-order valence-electron chi connectivity index (χ1n) is 10.4. The molecule has 0 N–H and O–H groups in total. The van der Waals surface area contributed by atoms with E-state index in [4.69, 9.17) is 4.74 Å². The van der Waals surface area contributed by atoms with Crippen molar-refractivity contribution in [1.82, 2.24) is 19.7 Å². The van der Waals surface area contributed by atoms with Crippen LogP contribution >= 0.6 is 0 Å². The molecule has 1 saturated heterocycles. The predicted molar refractivity (Wildman–Crippen MR) is 115 cm³/mol. The van der Waals surface area contributed by atoms with Crippen molar-refractivity contribution in [3.05, 3.63) is 54.1 Å². The molecular formula is C23H25FN6O. The molecule has 2 aromatic heterocycles. The third-order valence-corrected chi connectivity index (χ3v) is 5.56. The third-order valence-electron chi connectivity index (χ3n) is 5.56. The molecule has 31 heavy (non-hydrogen) atoms. The van der Waals surface area contributed by atoms with Crippen molar-refractivity contribution >= 4 is 5.69 Å². The number of aryl methyl sites for hydroxylation is 1. The minimum atomic E-state index is -0.544. The predicted octanol–water partition coefficient (Wildman–Crippen LogP) is 4.06. The highest BCUT2D eigenvalue weighted by molar-refractivity contribution is 5.87. The summed E-state index contributed by atoms with van der Waals surface area (Å²) in [4.78, 5) is 6.05. The van der Waals surface area contributed by atoms with E-state index in [1.165, 1.54) is 12.3 Å². The number of pyridine rings is 1. The number of benzene rings is 1. The van der Waals surface area contributed by atoms with E-state index < -0.39 is 5.95 Å². The number of ether oxygens (including phenoxy) is 1. The SMILES string of the molecule is CC(C)Oc1ccc(C#N)c(N2CCC(c3nncn3C)CC2)c1-c1ccc(F)nc1. The maximum Gasteiger partial charge on any atom is 0.212 e. The highest BCUT2D eigenvalue weighted by atomic mass is 19.1. The van der Waals surface area contributed by atoms with E-state index in [9.17, 15) is 9.65 Å². The molecule has 160 valence electrons. The molecule has 1 fully saturated rings. The fourth-order valence-electron chi connectivity index (χ4n) is 4.17. The molecule has 4 rings (SSSR count). The summed E-state index contributed by atoms with van der Waals surface area (Å²) in [6.45, 7) is 5.44. The van der Waals surface area contributed by atoms with Gasteiger partial charge in [0.25, 0.3) is 0 Å². The Balaban J connectivity index is 1.75. The zero-order valence-corrected chi connectivity index (χ0v) is 17.9. The first-order chi connectivity index (χ1) is 15.0. The fraction of sp³-hybridized carbons (Fsp3) is 0.391. The number of hydrogen-bond donors (Lipinski definition) is 0. The smallest absolute Gasteiger partial charge is 0.212 e. The summed E-state index contributed by atoms with van der Waals surface area (Å²) in [6, 6.07) is 8.94. The van der Waals surface area contributed by atoms with Crippen LogP contribution in [0, 0.1) is 17.3 Å². The lowest BCUT2D eigenvalue weighted by Crippen LogP contribution is -2.34. The fourth-order valence-corrected chi connectivity index (χ4v) is 4.17. The molecule has 3 heterocycles. The zero-order chi connectivity index (χ0) is 22.0. The van der Waals surface area contributed by atoms with Gasteiger partial charge in [0.05, 0.1) is 22.9 Å². The van der Waals surface area contributed by atoms with Gasteiger partial charge in [-0.15, -0.1) is 10.2 Å². The Kier molecular flexibility index (Phi) is 5.85. The van der Waals surface area contributed by atoms with Crippen LogP contribution in [0.3, 0.4) is 0 Å². The second-order valence-corrected chi connectivity index (χ2v) is 8.04. The summed E-state index contributed by atoms with van der Waals surface area (Å²) < 4.78 is 21.5. The number of aromatic nitrogens is 4. The summed E-state index contributed by atoms with van der Waals surface area (Å²) in [6.07, 6.45) is 4.97. The van der Waals surface area contributed by atoms with E-state index in [-0.39, 0.29) is 6.10 Å². The van der Waals surface area contributed by atoms with Gasteiger partial charge in [0.1, 0.15) is 24.0 Å². The maximum absolute atomic E-state index is 13.5. The second kappa shape index (κ2) is 8.72. The van der Waals surface area contributed by atoms with Crippen LogP contribution in [-0.2, 0) is 7.05 Å². The van der Waals surface area contributed by atoms with Crippen molar-refractivity contribution in [3.63, 3.8) is 0 Å². The quantitative estimate of drug-likeness (QED) is 0.579. The number of nitrogens with zero attached hydrogens (tertiary/aromatic N) is 6. The van der Waals surface area contributed by atoms with Crippen LogP contribution in [0.2, 0.25) is 0 Å². The van der Waals surface area contributed by atoms with Crippen LogP contribution in [0.4, 0.5) is 10.1 Å². The topological polar surface area (TPSA) is 79.9 Å². The highest BCUT2D eigenvalue weighted by Gasteiger charge is 2.28. The summed E-state index contributed by atoms with van der Waals surface area (Å²) in [5, 5.41) is 18.1. The van der Waals surface area contributed by atoms with Crippen LogP contribution in [-0.4, -0.2) is 38.9 Å². The van der Waals surface area contributed by atoms with Gasteiger partial charge in [-0.3, -0.25) is 0 Å². The van der Waals surface area contributed by atoms with E-state index in [0.717, 1.165) is 48.6 Å². The van der Waals surface area contributed by atoms with Crippen LogP contribution in [0.25, 0.3) is 11.1 Å². The van der Waals surface area contributed by atoms with Crippen LogP contribution < -0.4 is 9.64 Å². The van der Waals surface area contributed by atoms with Crippen molar-refractivity contribution in [2.45, 2.75) is 38.7 Å². The van der Waals surface area contributed by atoms with Crippen molar-refractivity contribution in [1.29, 1.82) is 5.26 Å². The Bertz CT molecular complexity index is 1090. The molecule has 8 heteroatoms. The van der Waals surface area contributed by atoms with Gasteiger partial charge in [0.2, 0.25) is 5.95 Å². The third kappa shape index (κ3) is 4.22. The molecule has 7 nitrogen and oxygen atoms in total. The van der Waals surface area contributed by atoms with E-state index in [1.54, 1.807) is 18.5 Å². The number of rotatable bonds is 5. The molecule has 3 aromatic rings.